The second kappa shape index (κ2) is 8.31. The van der Waals surface area contributed by atoms with E-state index in [-0.39, 0.29) is 13.0 Å². The van der Waals surface area contributed by atoms with E-state index in [0.29, 0.717) is 0 Å². The molecule has 0 radical (unpaired) electrons. The van der Waals surface area contributed by atoms with Crippen LogP contribution >= 0.6 is 0 Å². The predicted octanol–water partition coefficient (Wildman–Crippen LogP) is 2.69. The number of benzene rings is 2. The molecule has 4 atom stereocenters. The molecule has 4 heteroatoms. The molecule has 0 aliphatic carbocycles. The third-order valence-corrected chi connectivity index (χ3v) is 5.29. The Morgan fingerprint density at radius 3 is 2.35 bits per heavy atom. The van der Waals surface area contributed by atoms with E-state index in [1.807, 2.05) is 12.1 Å². The minimum Gasteiger partial charge on any atom is -0.394 e. The summed E-state index contributed by atoms with van der Waals surface area (Å²) in [6.45, 7) is 3.97. The lowest BCUT2D eigenvalue weighted by Crippen LogP contribution is -2.44. The number of aliphatic hydroxyl groups excluding tert-OH is 3. The van der Waals surface area contributed by atoms with Crippen molar-refractivity contribution < 1.29 is 20.1 Å². The summed E-state index contributed by atoms with van der Waals surface area (Å²) in [4.78, 5) is 0. The van der Waals surface area contributed by atoms with E-state index in [1.165, 1.54) is 22.3 Å². The van der Waals surface area contributed by atoms with Crippen molar-refractivity contribution in [2.24, 2.45) is 0 Å². The average Bonchev–Trinajstić information content (AvgIpc) is 2.64. The first kappa shape index (κ1) is 19.1. The zero-order valence-corrected chi connectivity index (χ0v) is 15.4. The van der Waals surface area contributed by atoms with E-state index in [0.717, 1.165) is 18.4 Å². The molecule has 140 valence electrons. The monoisotopic (exact) mass is 356 g/mol. The third kappa shape index (κ3) is 4.15. The van der Waals surface area contributed by atoms with Gasteiger partial charge in [0, 0.05) is 6.42 Å². The number of hydrogen-bond donors (Lipinski definition) is 3. The third-order valence-electron chi connectivity index (χ3n) is 5.29. The highest BCUT2D eigenvalue weighted by Gasteiger charge is 2.36. The van der Waals surface area contributed by atoms with Crippen LogP contribution in [0.25, 0.3) is 0 Å². The van der Waals surface area contributed by atoms with Gasteiger partial charge in [0.25, 0.3) is 0 Å². The molecule has 2 aromatic rings. The second-order valence-corrected chi connectivity index (χ2v) is 7.18. The maximum absolute atomic E-state index is 10.3. The van der Waals surface area contributed by atoms with Crippen LogP contribution in [-0.4, -0.2) is 40.2 Å². The van der Waals surface area contributed by atoms with Gasteiger partial charge in [-0.2, -0.15) is 0 Å². The highest BCUT2D eigenvalue weighted by atomic mass is 16.5. The first-order valence-electron chi connectivity index (χ1n) is 9.31. The van der Waals surface area contributed by atoms with Crippen LogP contribution in [0.3, 0.4) is 0 Å². The van der Waals surface area contributed by atoms with Crippen LogP contribution in [0.5, 0.6) is 0 Å². The summed E-state index contributed by atoms with van der Waals surface area (Å²) in [5.41, 5.74) is 5.84. The fourth-order valence-electron chi connectivity index (χ4n) is 3.53. The number of hydrogen-bond acceptors (Lipinski definition) is 4. The standard InChI is InChI=1S/C22H28O4/c1-3-15-5-7-16(8-6-15)10-18-11-17(9-4-14(18)2)22-20(25)12-19(24)21(13-23)26-22/h4-9,11,19-25H,3,10,12-13H2,1-2H3. The van der Waals surface area contributed by atoms with E-state index in [4.69, 9.17) is 4.74 Å². The zero-order valence-electron chi connectivity index (χ0n) is 15.4. The molecule has 0 spiro atoms. The molecule has 1 aliphatic heterocycles. The van der Waals surface area contributed by atoms with Crippen LogP contribution < -0.4 is 0 Å². The van der Waals surface area contributed by atoms with Crippen LogP contribution in [0.4, 0.5) is 0 Å². The van der Waals surface area contributed by atoms with Gasteiger partial charge in [-0.15, -0.1) is 0 Å². The van der Waals surface area contributed by atoms with Crippen LogP contribution in [-0.2, 0) is 17.6 Å². The Hall–Kier alpha value is -1.72. The van der Waals surface area contributed by atoms with Gasteiger partial charge in [0.15, 0.2) is 0 Å². The minimum atomic E-state index is -0.840. The van der Waals surface area contributed by atoms with Gasteiger partial charge in [0.2, 0.25) is 0 Å². The molecule has 26 heavy (non-hydrogen) atoms. The van der Waals surface area contributed by atoms with Crippen molar-refractivity contribution in [1.29, 1.82) is 0 Å². The van der Waals surface area contributed by atoms with Crippen molar-refractivity contribution in [3.63, 3.8) is 0 Å². The quantitative estimate of drug-likeness (QED) is 0.770. The van der Waals surface area contributed by atoms with Crippen molar-refractivity contribution >= 4 is 0 Å². The average molecular weight is 356 g/mol. The molecule has 0 bridgehead atoms. The Labute approximate surface area is 155 Å². The summed E-state index contributed by atoms with van der Waals surface area (Å²) in [6.07, 6.45) is -0.757. The fraction of sp³-hybridized carbons (Fsp3) is 0.455. The smallest absolute Gasteiger partial charge is 0.109 e. The van der Waals surface area contributed by atoms with Gasteiger partial charge in [-0.3, -0.25) is 0 Å². The molecule has 1 fully saturated rings. The van der Waals surface area contributed by atoms with Crippen LogP contribution in [0.15, 0.2) is 42.5 Å². The fourth-order valence-corrected chi connectivity index (χ4v) is 3.53. The molecule has 0 aromatic heterocycles. The summed E-state index contributed by atoms with van der Waals surface area (Å²) in [5, 5.41) is 29.6. The van der Waals surface area contributed by atoms with E-state index >= 15 is 0 Å². The van der Waals surface area contributed by atoms with Gasteiger partial charge in [-0.25, -0.2) is 0 Å². The lowest BCUT2D eigenvalue weighted by atomic mass is 9.90. The van der Waals surface area contributed by atoms with Crippen molar-refractivity contribution in [1.82, 2.24) is 0 Å². The van der Waals surface area contributed by atoms with Gasteiger partial charge in [0.1, 0.15) is 12.2 Å². The largest absolute Gasteiger partial charge is 0.394 e. The van der Waals surface area contributed by atoms with Crippen molar-refractivity contribution in [3.8, 4) is 0 Å². The van der Waals surface area contributed by atoms with E-state index in [1.54, 1.807) is 0 Å². The Bertz CT molecular complexity index is 725. The van der Waals surface area contributed by atoms with Gasteiger partial charge in [0.05, 0.1) is 18.8 Å². The maximum atomic E-state index is 10.3. The van der Waals surface area contributed by atoms with Gasteiger partial charge >= 0.3 is 0 Å². The summed E-state index contributed by atoms with van der Waals surface area (Å²) in [7, 11) is 0. The van der Waals surface area contributed by atoms with Crippen LogP contribution in [0.1, 0.15) is 47.3 Å². The van der Waals surface area contributed by atoms with Gasteiger partial charge < -0.3 is 20.1 Å². The molecule has 1 aliphatic rings. The normalized spacial score (nSPS) is 26.0. The Kier molecular flexibility index (Phi) is 6.09. The molecule has 0 amide bonds. The van der Waals surface area contributed by atoms with E-state index < -0.39 is 24.4 Å². The van der Waals surface area contributed by atoms with Crippen LogP contribution in [0, 0.1) is 6.92 Å². The molecule has 3 rings (SSSR count). The molecule has 4 nitrogen and oxygen atoms in total. The van der Waals surface area contributed by atoms with E-state index in [9.17, 15) is 15.3 Å². The highest BCUT2D eigenvalue weighted by molar-refractivity contribution is 5.37. The molecule has 3 N–H and O–H groups in total. The SMILES string of the molecule is CCc1ccc(Cc2cc(C3OC(CO)C(O)CC3O)ccc2C)cc1. The van der Waals surface area contributed by atoms with Crippen molar-refractivity contribution in [3.05, 3.63) is 70.3 Å². The molecule has 2 aromatic carbocycles. The lowest BCUT2D eigenvalue weighted by Gasteiger charge is -2.37. The molecule has 0 saturated carbocycles. The number of aryl methyl sites for hydroxylation is 2. The molecular formula is C22H28O4. The molecular weight excluding hydrogens is 328 g/mol. The Balaban J connectivity index is 1.82. The Morgan fingerprint density at radius 2 is 1.69 bits per heavy atom. The maximum Gasteiger partial charge on any atom is 0.109 e. The van der Waals surface area contributed by atoms with Crippen molar-refractivity contribution in [2.75, 3.05) is 6.61 Å². The Morgan fingerprint density at radius 1 is 1.00 bits per heavy atom. The summed E-state index contributed by atoms with van der Waals surface area (Å²) < 4.78 is 5.77. The molecule has 1 saturated heterocycles. The number of aliphatic hydroxyl groups is 3. The van der Waals surface area contributed by atoms with Crippen LogP contribution in [0.2, 0.25) is 0 Å². The molecule has 4 unspecified atom stereocenters. The summed E-state index contributed by atoms with van der Waals surface area (Å²) >= 11 is 0. The van der Waals surface area contributed by atoms with Crippen molar-refractivity contribution in [2.45, 2.75) is 57.5 Å². The first-order chi connectivity index (χ1) is 12.5. The zero-order chi connectivity index (χ0) is 18.7. The first-order valence-corrected chi connectivity index (χ1v) is 9.31. The lowest BCUT2D eigenvalue weighted by molar-refractivity contribution is -0.181. The number of ether oxygens (including phenoxy) is 1. The van der Waals surface area contributed by atoms with E-state index in [2.05, 4.69) is 44.2 Å². The topological polar surface area (TPSA) is 69.9 Å². The number of rotatable bonds is 5. The van der Waals surface area contributed by atoms with Gasteiger partial charge in [-0.1, -0.05) is 49.4 Å². The molecule has 1 heterocycles. The van der Waals surface area contributed by atoms with Gasteiger partial charge in [-0.05, 0) is 47.6 Å². The summed E-state index contributed by atoms with van der Waals surface area (Å²) in [6, 6.07) is 14.7. The predicted molar refractivity (Wildman–Crippen MR) is 101 cm³/mol. The minimum absolute atomic E-state index is 0.206. The summed E-state index contributed by atoms with van der Waals surface area (Å²) in [5.74, 6) is 0. The highest BCUT2D eigenvalue weighted by Crippen LogP contribution is 2.33. The second-order valence-electron chi connectivity index (χ2n) is 7.18.